The zero-order valence-corrected chi connectivity index (χ0v) is 12.3. The van der Waals surface area contributed by atoms with Crippen LogP contribution >= 0.6 is 0 Å². The second-order valence-corrected chi connectivity index (χ2v) is 6.23. The number of aromatic nitrogens is 2. The molecule has 0 N–H and O–H groups in total. The minimum absolute atomic E-state index is 0.157. The fourth-order valence-electron chi connectivity index (χ4n) is 3.33. The predicted molar refractivity (Wildman–Crippen MR) is 79.4 cm³/mol. The van der Waals surface area contributed by atoms with Crippen molar-refractivity contribution in [3.63, 3.8) is 0 Å². The molecule has 21 heavy (non-hydrogen) atoms. The van der Waals surface area contributed by atoms with E-state index in [1.807, 2.05) is 12.4 Å². The van der Waals surface area contributed by atoms with Gasteiger partial charge in [-0.15, -0.1) is 0 Å². The summed E-state index contributed by atoms with van der Waals surface area (Å²) in [6.07, 6.45) is 5.66. The monoisotopic (exact) mass is 285 g/mol. The minimum Gasteiger partial charge on any atom is -0.331 e. The molecule has 2 heterocycles. The van der Waals surface area contributed by atoms with E-state index in [1.165, 1.54) is 30.3 Å². The molecule has 1 fully saturated rings. The first-order valence-corrected chi connectivity index (χ1v) is 7.76. The highest BCUT2D eigenvalue weighted by molar-refractivity contribution is 5.23. The molecular formula is C17H20FN3. The molecule has 0 spiro atoms. The molecule has 2 aromatic rings. The minimum atomic E-state index is -0.157. The lowest BCUT2D eigenvalue weighted by molar-refractivity contribution is 0.187. The van der Waals surface area contributed by atoms with Crippen LogP contribution in [0, 0.1) is 5.82 Å². The highest BCUT2D eigenvalue weighted by Crippen LogP contribution is 2.38. The van der Waals surface area contributed by atoms with Gasteiger partial charge in [0, 0.05) is 37.3 Å². The van der Waals surface area contributed by atoms with Gasteiger partial charge in [-0.3, -0.25) is 4.90 Å². The zero-order valence-electron chi connectivity index (χ0n) is 12.3. The second-order valence-electron chi connectivity index (χ2n) is 6.23. The zero-order chi connectivity index (χ0) is 14.4. The van der Waals surface area contributed by atoms with Crippen molar-refractivity contribution in [2.45, 2.75) is 44.8 Å². The van der Waals surface area contributed by atoms with Gasteiger partial charge in [0.15, 0.2) is 0 Å². The third-order valence-electron chi connectivity index (χ3n) is 4.79. The van der Waals surface area contributed by atoms with E-state index in [1.54, 1.807) is 12.1 Å². The molecule has 1 atom stereocenters. The van der Waals surface area contributed by atoms with Crippen LogP contribution in [-0.2, 0) is 13.0 Å². The Bertz CT molecular complexity index is 660. The van der Waals surface area contributed by atoms with Gasteiger partial charge in [-0.25, -0.2) is 9.37 Å². The SMILES string of the molecule is CC(c1cccc(F)c1)N1CCc2c(ncn2C2CC2)C1. The molecule has 1 aliphatic heterocycles. The first-order valence-electron chi connectivity index (χ1n) is 7.76. The first kappa shape index (κ1) is 13.0. The summed E-state index contributed by atoms with van der Waals surface area (Å²) in [7, 11) is 0. The Hall–Kier alpha value is -1.68. The van der Waals surface area contributed by atoms with Crippen molar-refractivity contribution in [3.8, 4) is 0 Å². The van der Waals surface area contributed by atoms with Gasteiger partial charge < -0.3 is 4.57 Å². The number of rotatable bonds is 3. The molecule has 0 saturated heterocycles. The molecule has 1 aliphatic carbocycles. The molecule has 4 heteroatoms. The van der Waals surface area contributed by atoms with Gasteiger partial charge in [0.05, 0.1) is 12.0 Å². The topological polar surface area (TPSA) is 21.1 Å². The van der Waals surface area contributed by atoms with Gasteiger partial charge >= 0.3 is 0 Å². The molecule has 1 aromatic carbocycles. The molecule has 2 aliphatic rings. The van der Waals surface area contributed by atoms with Crippen molar-refractivity contribution >= 4 is 0 Å². The van der Waals surface area contributed by atoms with Gasteiger partial charge in [0.25, 0.3) is 0 Å². The Balaban J connectivity index is 1.55. The van der Waals surface area contributed by atoms with Gasteiger partial charge in [0.2, 0.25) is 0 Å². The summed E-state index contributed by atoms with van der Waals surface area (Å²) >= 11 is 0. The van der Waals surface area contributed by atoms with Gasteiger partial charge in [-0.1, -0.05) is 12.1 Å². The maximum atomic E-state index is 13.4. The average Bonchev–Trinajstić information content (AvgIpc) is 3.25. The highest BCUT2D eigenvalue weighted by atomic mass is 19.1. The van der Waals surface area contributed by atoms with Crippen LogP contribution in [0.25, 0.3) is 0 Å². The van der Waals surface area contributed by atoms with Gasteiger partial charge in [-0.05, 0) is 37.5 Å². The lowest BCUT2D eigenvalue weighted by atomic mass is 10.0. The summed E-state index contributed by atoms with van der Waals surface area (Å²) < 4.78 is 15.8. The number of fused-ring (bicyclic) bond motifs is 1. The van der Waals surface area contributed by atoms with E-state index in [0.29, 0.717) is 6.04 Å². The maximum absolute atomic E-state index is 13.4. The van der Waals surface area contributed by atoms with E-state index in [9.17, 15) is 4.39 Å². The van der Waals surface area contributed by atoms with Crippen LogP contribution in [-0.4, -0.2) is 21.0 Å². The number of benzene rings is 1. The van der Waals surface area contributed by atoms with Crippen molar-refractivity contribution in [3.05, 3.63) is 53.4 Å². The predicted octanol–water partition coefficient (Wildman–Crippen LogP) is 3.48. The van der Waals surface area contributed by atoms with Crippen LogP contribution in [0.5, 0.6) is 0 Å². The van der Waals surface area contributed by atoms with E-state index in [-0.39, 0.29) is 11.9 Å². The van der Waals surface area contributed by atoms with E-state index in [0.717, 1.165) is 25.1 Å². The van der Waals surface area contributed by atoms with Crippen LogP contribution in [0.15, 0.2) is 30.6 Å². The third kappa shape index (κ3) is 2.38. The fourth-order valence-corrected chi connectivity index (χ4v) is 3.33. The normalized spacial score (nSPS) is 20.3. The number of nitrogens with zero attached hydrogens (tertiary/aromatic N) is 3. The molecule has 1 unspecified atom stereocenters. The Labute approximate surface area is 124 Å². The second kappa shape index (κ2) is 4.95. The van der Waals surface area contributed by atoms with Crippen LogP contribution in [0.4, 0.5) is 4.39 Å². The van der Waals surface area contributed by atoms with Crippen LogP contribution in [0.1, 0.15) is 48.8 Å². The number of hydrogen-bond donors (Lipinski definition) is 0. The summed E-state index contributed by atoms with van der Waals surface area (Å²) in [5.74, 6) is -0.157. The summed E-state index contributed by atoms with van der Waals surface area (Å²) in [5.41, 5.74) is 3.66. The van der Waals surface area contributed by atoms with E-state index in [2.05, 4.69) is 21.4 Å². The lowest BCUT2D eigenvalue weighted by Crippen LogP contribution is -2.33. The standard InChI is InChI=1S/C17H20FN3/c1-12(13-3-2-4-14(18)9-13)20-8-7-17-16(10-20)19-11-21(17)15-5-6-15/h2-4,9,11-12,15H,5-8,10H2,1H3. The smallest absolute Gasteiger partial charge is 0.123 e. The average molecular weight is 285 g/mol. The fraction of sp³-hybridized carbons (Fsp3) is 0.471. The highest BCUT2D eigenvalue weighted by Gasteiger charge is 2.30. The van der Waals surface area contributed by atoms with Crippen molar-refractivity contribution in [1.29, 1.82) is 0 Å². The number of imidazole rings is 1. The summed E-state index contributed by atoms with van der Waals surface area (Å²) in [6.45, 7) is 4.04. The molecule has 1 saturated carbocycles. The number of halogens is 1. The third-order valence-corrected chi connectivity index (χ3v) is 4.79. The van der Waals surface area contributed by atoms with Crippen molar-refractivity contribution in [2.24, 2.45) is 0 Å². The molecule has 4 rings (SSSR count). The van der Waals surface area contributed by atoms with Crippen molar-refractivity contribution < 1.29 is 4.39 Å². The Morgan fingerprint density at radius 3 is 2.95 bits per heavy atom. The van der Waals surface area contributed by atoms with Crippen molar-refractivity contribution in [2.75, 3.05) is 6.54 Å². The maximum Gasteiger partial charge on any atom is 0.123 e. The van der Waals surface area contributed by atoms with Crippen LogP contribution < -0.4 is 0 Å². The van der Waals surface area contributed by atoms with Crippen molar-refractivity contribution in [1.82, 2.24) is 14.5 Å². The molecule has 3 nitrogen and oxygen atoms in total. The number of hydrogen-bond acceptors (Lipinski definition) is 2. The largest absolute Gasteiger partial charge is 0.331 e. The molecule has 1 aromatic heterocycles. The van der Waals surface area contributed by atoms with Crippen LogP contribution in [0.3, 0.4) is 0 Å². The summed E-state index contributed by atoms with van der Waals surface area (Å²) in [4.78, 5) is 7.00. The Morgan fingerprint density at radius 2 is 2.19 bits per heavy atom. The lowest BCUT2D eigenvalue weighted by Gasteiger charge is -2.32. The molecule has 0 bridgehead atoms. The van der Waals surface area contributed by atoms with E-state index < -0.39 is 0 Å². The van der Waals surface area contributed by atoms with E-state index >= 15 is 0 Å². The van der Waals surface area contributed by atoms with Gasteiger partial charge in [-0.2, -0.15) is 0 Å². The van der Waals surface area contributed by atoms with E-state index in [4.69, 9.17) is 0 Å². The van der Waals surface area contributed by atoms with Crippen LogP contribution in [0.2, 0.25) is 0 Å². The summed E-state index contributed by atoms with van der Waals surface area (Å²) in [5, 5.41) is 0. The molecule has 0 amide bonds. The van der Waals surface area contributed by atoms with Gasteiger partial charge in [0.1, 0.15) is 5.82 Å². The Morgan fingerprint density at radius 1 is 1.33 bits per heavy atom. The molecule has 110 valence electrons. The molecular weight excluding hydrogens is 265 g/mol. The summed E-state index contributed by atoms with van der Waals surface area (Å²) in [6, 6.07) is 7.86. The first-order chi connectivity index (χ1) is 10.2. The quantitative estimate of drug-likeness (QED) is 0.861. The Kier molecular flexibility index (Phi) is 3.07. The molecule has 0 radical (unpaired) electrons.